The number of hydrogen-bond donors (Lipinski definition) is 1. The monoisotopic (exact) mass is 336 g/mol. The third kappa shape index (κ3) is 4.44. The molecule has 0 aliphatic heterocycles. The number of nitrogens with one attached hydrogen (secondary N) is 1. The molecule has 1 aromatic carbocycles. The van der Waals surface area contributed by atoms with Crippen LogP contribution in [-0.2, 0) is 13.1 Å². The number of amides is 1. The Morgan fingerprint density at radius 3 is 2.60 bits per heavy atom. The number of carbonyl (C=O) groups is 1. The molecule has 6 nitrogen and oxygen atoms in total. The first kappa shape index (κ1) is 16.7. The average Bonchev–Trinajstić information content (AvgIpc) is 3.19. The summed E-state index contributed by atoms with van der Waals surface area (Å²) in [6, 6.07) is 13.6. The quantitative estimate of drug-likeness (QED) is 0.716. The molecule has 0 saturated carbocycles. The predicted octanol–water partition coefficient (Wildman–Crippen LogP) is 3.34. The zero-order chi connectivity index (χ0) is 17.5. The normalized spacial score (nSPS) is 10.4. The van der Waals surface area contributed by atoms with Crippen molar-refractivity contribution >= 4 is 11.7 Å². The Bertz CT molecular complexity index is 786. The van der Waals surface area contributed by atoms with Crippen molar-refractivity contribution in [3.05, 3.63) is 78.1 Å². The van der Waals surface area contributed by atoms with E-state index in [1.165, 1.54) is 6.20 Å². The Morgan fingerprint density at radius 2 is 1.96 bits per heavy atom. The van der Waals surface area contributed by atoms with Crippen molar-refractivity contribution in [3.63, 3.8) is 0 Å². The van der Waals surface area contributed by atoms with Crippen molar-refractivity contribution < 1.29 is 9.21 Å². The molecule has 3 rings (SSSR count). The van der Waals surface area contributed by atoms with Crippen molar-refractivity contribution in [1.29, 1.82) is 0 Å². The van der Waals surface area contributed by atoms with Crippen LogP contribution in [0.15, 0.2) is 65.5 Å². The van der Waals surface area contributed by atoms with Crippen LogP contribution < -0.4 is 5.32 Å². The third-order valence-corrected chi connectivity index (χ3v) is 3.78. The van der Waals surface area contributed by atoms with E-state index in [-0.39, 0.29) is 5.91 Å². The van der Waals surface area contributed by atoms with Gasteiger partial charge in [0.2, 0.25) is 0 Å². The van der Waals surface area contributed by atoms with E-state index in [4.69, 9.17) is 4.42 Å². The molecule has 1 amide bonds. The van der Waals surface area contributed by atoms with Gasteiger partial charge in [-0.1, -0.05) is 30.3 Å². The van der Waals surface area contributed by atoms with E-state index in [1.54, 1.807) is 17.4 Å². The van der Waals surface area contributed by atoms with Crippen molar-refractivity contribution in [2.75, 3.05) is 11.9 Å². The largest absolute Gasteiger partial charge is 0.467 e. The zero-order valence-corrected chi connectivity index (χ0v) is 14.1. The molecular formula is C19H20N4O2. The fourth-order valence-corrected chi connectivity index (χ4v) is 2.41. The minimum Gasteiger partial charge on any atom is -0.467 e. The maximum absolute atomic E-state index is 12.6. The fraction of sp³-hybridized carbons (Fsp3) is 0.211. The molecule has 0 unspecified atom stereocenters. The van der Waals surface area contributed by atoms with E-state index in [9.17, 15) is 4.79 Å². The molecule has 2 aromatic heterocycles. The number of benzene rings is 1. The molecule has 2 heterocycles. The molecule has 0 saturated heterocycles. The van der Waals surface area contributed by atoms with Crippen molar-refractivity contribution in [2.45, 2.75) is 20.0 Å². The Labute approximate surface area is 146 Å². The summed E-state index contributed by atoms with van der Waals surface area (Å²) in [6.07, 6.45) is 4.68. The maximum atomic E-state index is 12.6. The zero-order valence-electron chi connectivity index (χ0n) is 14.1. The highest BCUT2D eigenvalue weighted by atomic mass is 16.3. The Hall–Kier alpha value is -3.15. The minimum atomic E-state index is -0.128. The summed E-state index contributed by atoms with van der Waals surface area (Å²) < 4.78 is 5.25. The van der Waals surface area contributed by atoms with Crippen LogP contribution in [0.2, 0.25) is 0 Å². The van der Waals surface area contributed by atoms with Crippen LogP contribution in [-0.4, -0.2) is 27.3 Å². The van der Waals surface area contributed by atoms with Crippen molar-refractivity contribution in [3.8, 4) is 0 Å². The molecule has 0 bridgehead atoms. The molecule has 0 spiro atoms. The first-order valence-corrected chi connectivity index (χ1v) is 8.17. The van der Waals surface area contributed by atoms with Crippen LogP contribution in [0.5, 0.6) is 0 Å². The average molecular weight is 336 g/mol. The number of nitrogens with zero attached hydrogens (tertiary/aromatic N) is 3. The summed E-state index contributed by atoms with van der Waals surface area (Å²) in [4.78, 5) is 22.9. The second kappa shape index (κ2) is 8.10. The summed E-state index contributed by atoms with van der Waals surface area (Å²) in [5.41, 5.74) is 1.42. The second-order valence-electron chi connectivity index (χ2n) is 5.52. The van der Waals surface area contributed by atoms with Gasteiger partial charge in [0.05, 0.1) is 25.2 Å². The standard InChI is InChI=1S/C19H20N4O2/c1-2-23(14-15-7-4-3-5-8-15)19(24)17-12-22-18(13-20-17)21-11-16-9-6-10-25-16/h3-10,12-13H,2,11,14H2,1H3,(H,21,22). The third-order valence-electron chi connectivity index (χ3n) is 3.78. The Kier molecular flexibility index (Phi) is 5.41. The number of hydrogen-bond acceptors (Lipinski definition) is 5. The molecule has 3 aromatic rings. The summed E-state index contributed by atoms with van der Waals surface area (Å²) >= 11 is 0. The second-order valence-corrected chi connectivity index (χ2v) is 5.52. The number of rotatable bonds is 7. The Morgan fingerprint density at radius 1 is 1.12 bits per heavy atom. The molecule has 1 N–H and O–H groups in total. The molecule has 6 heteroatoms. The molecular weight excluding hydrogens is 316 g/mol. The van der Waals surface area contributed by atoms with Gasteiger partial charge < -0.3 is 14.6 Å². The van der Waals surface area contributed by atoms with Gasteiger partial charge in [-0.15, -0.1) is 0 Å². The van der Waals surface area contributed by atoms with Gasteiger partial charge in [-0.05, 0) is 24.6 Å². The van der Waals surface area contributed by atoms with Crippen LogP contribution in [0.4, 0.5) is 5.82 Å². The van der Waals surface area contributed by atoms with Crippen molar-refractivity contribution in [1.82, 2.24) is 14.9 Å². The lowest BCUT2D eigenvalue weighted by molar-refractivity contribution is 0.0746. The van der Waals surface area contributed by atoms with Gasteiger partial charge in [0.1, 0.15) is 17.3 Å². The molecule has 0 fully saturated rings. The minimum absolute atomic E-state index is 0.128. The van der Waals surface area contributed by atoms with Crippen molar-refractivity contribution in [2.24, 2.45) is 0 Å². The van der Waals surface area contributed by atoms with E-state index < -0.39 is 0 Å². The van der Waals surface area contributed by atoms with Gasteiger partial charge in [-0.3, -0.25) is 4.79 Å². The van der Waals surface area contributed by atoms with E-state index in [2.05, 4.69) is 15.3 Å². The van der Waals surface area contributed by atoms with Crippen LogP contribution in [0, 0.1) is 0 Å². The highest BCUT2D eigenvalue weighted by Gasteiger charge is 2.16. The first-order chi connectivity index (χ1) is 12.3. The van der Waals surface area contributed by atoms with Crippen LogP contribution in [0.1, 0.15) is 28.7 Å². The van der Waals surface area contributed by atoms with E-state index in [0.29, 0.717) is 31.1 Å². The lowest BCUT2D eigenvalue weighted by Crippen LogP contribution is -2.31. The first-order valence-electron chi connectivity index (χ1n) is 8.17. The van der Waals surface area contributed by atoms with Gasteiger partial charge in [0, 0.05) is 13.1 Å². The lowest BCUT2D eigenvalue weighted by Gasteiger charge is -2.20. The van der Waals surface area contributed by atoms with E-state index in [1.807, 2.05) is 49.4 Å². The number of aromatic nitrogens is 2. The summed E-state index contributed by atoms with van der Waals surface area (Å²) in [5, 5.41) is 3.10. The molecule has 0 aliphatic rings. The molecule has 0 radical (unpaired) electrons. The van der Waals surface area contributed by atoms with E-state index in [0.717, 1.165) is 11.3 Å². The summed E-state index contributed by atoms with van der Waals surface area (Å²) in [7, 11) is 0. The lowest BCUT2D eigenvalue weighted by atomic mass is 10.2. The van der Waals surface area contributed by atoms with Gasteiger partial charge in [-0.2, -0.15) is 0 Å². The predicted molar refractivity (Wildman–Crippen MR) is 94.9 cm³/mol. The number of furan rings is 1. The Balaban J connectivity index is 1.62. The highest BCUT2D eigenvalue weighted by molar-refractivity contribution is 5.92. The van der Waals surface area contributed by atoms with Gasteiger partial charge in [0.15, 0.2) is 0 Å². The fourth-order valence-electron chi connectivity index (χ4n) is 2.41. The summed E-state index contributed by atoms with van der Waals surface area (Å²) in [6.45, 7) is 3.63. The van der Waals surface area contributed by atoms with Crippen LogP contribution in [0.25, 0.3) is 0 Å². The topological polar surface area (TPSA) is 71.3 Å². The SMILES string of the molecule is CCN(Cc1ccccc1)C(=O)c1cnc(NCc2ccco2)cn1. The molecule has 0 atom stereocenters. The van der Waals surface area contributed by atoms with Gasteiger partial charge >= 0.3 is 0 Å². The highest BCUT2D eigenvalue weighted by Crippen LogP contribution is 2.10. The molecule has 128 valence electrons. The number of anilines is 1. The number of carbonyl (C=O) groups excluding carboxylic acids is 1. The molecule has 0 aliphatic carbocycles. The maximum Gasteiger partial charge on any atom is 0.274 e. The van der Waals surface area contributed by atoms with Crippen LogP contribution in [0.3, 0.4) is 0 Å². The summed E-state index contributed by atoms with van der Waals surface area (Å²) in [5.74, 6) is 1.28. The van der Waals surface area contributed by atoms with E-state index >= 15 is 0 Å². The smallest absolute Gasteiger partial charge is 0.274 e. The van der Waals surface area contributed by atoms with Gasteiger partial charge in [0.25, 0.3) is 5.91 Å². The van der Waals surface area contributed by atoms with Gasteiger partial charge in [-0.25, -0.2) is 9.97 Å². The molecule has 25 heavy (non-hydrogen) atoms. The van der Waals surface area contributed by atoms with Crippen LogP contribution >= 0.6 is 0 Å².